The van der Waals surface area contributed by atoms with E-state index >= 15 is 0 Å². The summed E-state index contributed by atoms with van der Waals surface area (Å²) in [7, 11) is 0. The van der Waals surface area contributed by atoms with E-state index in [0.29, 0.717) is 19.0 Å². The Hall–Kier alpha value is -1.87. The largest absolute Gasteiger partial charge is 0.333 e. The van der Waals surface area contributed by atoms with Crippen LogP contribution in [0.5, 0.6) is 0 Å². The topological polar surface area (TPSA) is 20.3 Å². The van der Waals surface area contributed by atoms with Crippen LogP contribution in [-0.4, -0.2) is 23.2 Å². The average molecular weight is 306 g/mol. The second-order valence-electron chi connectivity index (χ2n) is 4.88. The molecule has 0 saturated carbocycles. The fourth-order valence-corrected chi connectivity index (χ4v) is 2.34. The maximum absolute atomic E-state index is 13.9. The van der Waals surface area contributed by atoms with Gasteiger partial charge in [0.25, 0.3) is 5.91 Å². The molecule has 0 aliphatic heterocycles. The van der Waals surface area contributed by atoms with Gasteiger partial charge in [0.2, 0.25) is 0 Å². The van der Waals surface area contributed by atoms with Crippen molar-refractivity contribution >= 4 is 17.5 Å². The highest BCUT2D eigenvalue weighted by atomic mass is 35.5. The third-order valence-electron chi connectivity index (χ3n) is 3.21. The lowest BCUT2D eigenvalue weighted by Crippen LogP contribution is -2.33. The molecule has 0 bridgehead atoms. The number of nitrogens with zero attached hydrogens (tertiary/aromatic N) is 1. The normalized spacial score (nSPS) is 10.4. The van der Waals surface area contributed by atoms with Gasteiger partial charge < -0.3 is 4.90 Å². The summed E-state index contributed by atoms with van der Waals surface area (Å²) in [6.45, 7) is 2.63. The summed E-state index contributed by atoms with van der Waals surface area (Å²) in [5, 5.41) is 0. The van der Waals surface area contributed by atoms with Crippen molar-refractivity contribution in [3.05, 3.63) is 71.0 Å². The van der Waals surface area contributed by atoms with Crippen LogP contribution in [0, 0.1) is 12.7 Å². The number of hydrogen-bond donors (Lipinski definition) is 0. The molecule has 0 fully saturated rings. The van der Waals surface area contributed by atoms with E-state index in [2.05, 4.69) is 0 Å². The lowest BCUT2D eigenvalue weighted by molar-refractivity contribution is 0.0749. The van der Waals surface area contributed by atoms with Crippen LogP contribution in [0.4, 0.5) is 4.39 Å². The molecule has 0 heterocycles. The van der Waals surface area contributed by atoms with E-state index in [0.717, 1.165) is 11.1 Å². The van der Waals surface area contributed by atoms with Gasteiger partial charge in [0.1, 0.15) is 5.82 Å². The minimum absolute atomic E-state index is 0.0936. The molecule has 21 heavy (non-hydrogen) atoms. The standard InChI is InChI=1S/C17H17ClFNO/c1-13-7-8-16(19)15(11-13)17(21)20(10-9-18)12-14-5-3-2-4-6-14/h2-8,11H,9-10,12H2,1H3. The Morgan fingerprint density at radius 2 is 1.90 bits per heavy atom. The van der Waals surface area contributed by atoms with Gasteiger partial charge in [-0.3, -0.25) is 4.79 Å². The Bertz CT molecular complexity index is 615. The van der Waals surface area contributed by atoms with Gasteiger partial charge >= 0.3 is 0 Å². The molecule has 2 aromatic carbocycles. The Labute approximate surface area is 129 Å². The van der Waals surface area contributed by atoms with Crippen LogP contribution in [0.25, 0.3) is 0 Å². The maximum Gasteiger partial charge on any atom is 0.257 e. The third kappa shape index (κ3) is 4.05. The van der Waals surface area contributed by atoms with E-state index in [1.807, 2.05) is 37.3 Å². The summed E-state index contributed by atoms with van der Waals surface area (Å²) in [4.78, 5) is 14.1. The van der Waals surface area contributed by atoms with E-state index < -0.39 is 5.82 Å². The fraction of sp³-hybridized carbons (Fsp3) is 0.235. The van der Waals surface area contributed by atoms with Crippen LogP contribution in [0.2, 0.25) is 0 Å². The monoisotopic (exact) mass is 305 g/mol. The zero-order valence-electron chi connectivity index (χ0n) is 11.9. The molecule has 0 saturated heterocycles. The molecule has 0 radical (unpaired) electrons. The first-order chi connectivity index (χ1) is 10.1. The number of benzene rings is 2. The van der Waals surface area contributed by atoms with Gasteiger partial charge in [0.05, 0.1) is 5.56 Å². The van der Waals surface area contributed by atoms with Crippen LogP contribution >= 0.6 is 11.6 Å². The van der Waals surface area contributed by atoms with Crippen LogP contribution in [0.3, 0.4) is 0 Å². The van der Waals surface area contributed by atoms with Crippen molar-refractivity contribution in [2.24, 2.45) is 0 Å². The highest BCUT2D eigenvalue weighted by Gasteiger charge is 2.19. The number of amides is 1. The number of hydrogen-bond acceptors (Lipinski definition) is 1. The first-order valence-corrected chi connectivity index (χ1v) is 7.30. The zero-order chi connectivity index (χ0) is 15.2. The average Bonchev–Trinajstić information content (AvgIpc) is 2.49. The smallest absolute Gasteiger partial charge is 0.257 e. The SMILES string of the molecule is Cc1ccc(F)c(C(=O)N(CCCl)Cc2ccccc2)c1. The minimum atomic E-state index is -0.502. The molecule has 110 valence electrons. The summed E-state index contributed by atoms with van der Waals surface area (Å²) < 4.78 is 13.9. The van der Waals surface area contributed by atoms with Gasteiger partial charge in [0.15, 0.2) is 0 Å². The molecule has 0 unspecified atom stereocenters. The van der Waals surface area contributed by atoms with E-state index in [4.69, 9.17) is 11.6 Å². The molecular formula is C17H17ClFNO. The summed E-state index contributed by atoms with van der Waals surface area (Å²) in [6.07, 6.45) is 0. The van der Waals surface area contributed by atoms with Gasteiger partial charge in [-0.2, -0.15) is 0 Å². The molecule has 2 rings (SSSR count). The summed E-state index contributed by atoms with van der Waals surface area (Å²) >= 11 is 5.78. The zero-order valence-corrected chi connectivity index (χ0v) is 12.6. The highest BCUT2D eigenvalue weighted by molar-refractivity contribution is 6.18. The fourth-order valence-electron chi connectivity index (χ4n) is 2.13. The van der Waals surface area contributed by atoms with Crippen molar-refractivity contribution in [3.8, 4) is 0 Å². The van der Waals surface area contributed by atoms with E-state index in [1.54, 1.807) is 17.0 Å². The number of halogens is 2. The second-order valence-corrected chi connectivity index (χ2v) is 5.26. The second kappa shape index (κ2) is 7.23. The lowest BCUT2D eigenvalue weighted by Gasteiger charge is -2.22. The van der Waals surface area contributed by atoms with E-state index in [1.165, 1.54) is 6.07 Å². The summed E-state index contributed by atoms with van der Waals surface area (Å²) in [5.74, 6) is -0.523. The lowest BCUT2D eigenvalue weighted by atomic mass is 10.1. The molecule has 0 aliphatic carbocycles. The molecule has 2 aromatic rings. The van der Waals surface area contributed by atoms with Crippen molar-refractivity contribution in [1.82, 2.24) is 4.90 Å². The van der Waals surface area contributed by atoms with Gasteiger partial charge in [-0.05, 0) is 24.6 Å². The Balaban J connectivity index is 2.25. The Morgan fingerprint density at radius 1 is 1.19 bits per heavy atom. The van der Waals surface area contributed by atoms with Crippen molar-refractivity contribution in [1.29, 1.82) is 0 Å². The first kappa shape index (κ1) is 15.5. The number of carbonyl (C=O) groups is 1. The summed E-state index contributed by atoms with van der Waals surface area (Å²) in [6, 6.07) is 14.1. The first-order valence-electron chi connectivity index (χ1n) is 6.77. The molecule has 1 amide bonds. The number of aryl methyl sites for hydroxylation is 1. The summed E-state index contributed by atoms with van der Waals surface area (Å²) in [5.41, 5.74) is 1.94. The van der Waals surface area contributed by atoms with Crippen LogP contribution in [-0.2, 0) is 6.54 Å². The molecule has 0 N–H and O–H groups in total. The van der Waals surface area contributed by atoms with Crippen molar-refractivity contribution in [2.75, 3.05) is 12.4 Å². The Morgan fingerprint density at radius 3 is 2.57 bits per heavy atom. The van der Waals surface area contributed by atoms with Gasteiger partial charge in [-0.1, -0.05) is 42.0 Å². The highest BCUT2D eigenvalue weighted by Crippen LogP contribution is 2.15. The number of rotatable bonds is 5. The molecule has 0 atom stereocenters. The molecule has 0 aromatic heterocycles. The molecular weight excluding hydrogens is 289 g/mol. The Kier molecular flexibility index (Phi) is 5.34. The van der Waals surface area contributed by atoms with Gasteiger partial charge in [-0.15, -0.1) is 11.6 Å². The minimum Gasteiger partial charge on any atom is -0.333 e. The molecule has 0 spiro atoms. The molecule has 0 aliphatic rings. The van der Waals surface area contributed by atoms with Crippen LogP contribution < -0.4 is 0 Å². The van der Waals surface area contributed by atoms with Crippen molar-refractivity contribution in [2.45, 2.75) is 13.5 Å². The van der Waals surface area contributed by atoms with E-state index in [-0.39, 0.29) is 11.5 Å². The number of alkyl halides is 1. The van der Waals surface area contributed by atoms with E-state index in [9.17, 15) is 9.18 Å². The molecule has 4 heteroatoms. The maximum atomic E-state index is 13.9. The van der Waals surface area contributed by atoms with Crippen molar-refractivity contribution < 1.29 is 9.18 Å². The molecule has 2 nitrogen and oxygen atoms in total. The van der Waals surface area contributed by atoms with Gasteiger partial charge in [0, 0.05) is 19.0 Å². The quantitative estimate of drug-likeness (QED) is 0.764. The predicted molar refractivity (Wildman–Crippen MR) is 83.0 cm³/mol. The van der Waals surface area contributed by atoms with Gasteiger partial charge in [-0.25, -0.2) is 4.39 Å². The van der Waals surface area contributed by atoms with Crippen molar-refractivity contribution in [3.63, 3.8) is 0 Å². The third-order valence-corrected chi connectivity index (χ3v) is 3.38. The van der Waals surface area contributed by atoms with Crippen LogP contribution in [0.15, 0.2) is 48.5 Å². The predicted octanol–water partition coefficient (Wildman–Crippen LogP) is 4.02. The number of carbonyl (C=O) groups excluding carboxylic acids is 1. The van der Waals surface area contributed by atoms with Crippen LogP contribution in [0.1, 0.15) is 21.5 Å².